The maximum absolute atomic E-state index is 11.7. The summed E-state index contributed by atoms with van der Waals surface area (Å²) in [5.41, 5.74) is -1.31. The molecule has 4 aliphatic carbocycles. The van der Waals surface area contributed by atoms with E-state index in [9.17, 15) is 46.0 Å². The van der Waals surface area contributed by atoms with Crippen molar-refractivity contribution in [2.45, 2.75) is 249 Å². The van der Waals surface area contributed by atoms with E-state index in [1.54, 1.807) is 0 Å². The lowest BCUT2D eigenvalue weighted by Crippen LogP contribution is -2.68. The second kappa shape index (κ2) is 17.3. The maximum Gasteiger partial charge on any atom is 0.187 e. The molecule has 16 nitrogen and oxygen atoms in total. The Labute approximate surface area is 379 Å². The lowest BCUT2D eigenvalue weighted by atomic mass is 9.35. The number of rotatable bonds is 9. The standard InChI is InChI=1S/C48H82O16/c1-22-31(50)34(53)36(55)40(58-22)62-38-33(52)26(21-49)60-42(39(38)63-41-37(56)35(54)32(51)23(2)59-41)61-29-15-17-45(7)27(43(29,3)4)14-19-47(9)28(45)12-11-24-25(13-18-46(24,47)8)48(10)20-16-30(64-48)44(5,6)57/h22-42,49-57H,11-21H2,1-10H3/t22-,23?,24+,25-,26+,27-,28+,29-,30+,31-,32?,33+,34+,35+,36+,37+,38-,39+,40-,41?,42-,45-,46+,47+,48-/m0/s1. The first kappa shape index (κ1) is 49.8. The fourth-order valence-electron chi connectivity index (χ4n) is 15.5. The van der Waals surface area contributed by atoms with Crippen LogP contribution in [0.4, 0.5) is 0 Å². The summed E-state index contributed by atoms with van der Waals surface area (Å²) in [5, 5.41) is 97.5. The van der Waals surface area contributed by atoms with Gasteiger partial charge in [0.25, 0.3) is 0 Å². The van der Waals surface area contributed by atoms with Crippen molar-refractivity contribution in [1.82, 2.24) is 0 Å². The minimum absolute atomic E-state index is 0.00922. The molecule has 9 N–H and O–H groups in total. The Hall–Kier alpha value is -0.640. The van der Waals surface area contributed by atoms with E-state index < -0.39 is 116 Å². The third-order valence-corrected chi connectivity index (χ3v) is 19.5. The first-order valence-electron chi connectivity index (χ1n) is 24.4. The Morgan fingerprint density at radius 1 is 0.547 bits per heavy atom. The lowest BCUT2D eigenvalue weighted by molar-refractivity contribution is -0.397. The van der Waals surface area contributed by atoms with Crippen molar-refractivity contribution in [3.8, 4) is 0 Å². The smallest absolute Gasteiger partial charge is 0.187 e. The molecule has 8 rings (SSSR count). The highest BCUT2D eigenvalue weighted by atomic mass is 16.8. The number of fused-ring (bicyclic) bond motifs is 5. The molecule has 8 fully saturated rings. The second-order valence-corrected chi connectivity index (χ2v) is 23.7. The van der Waals surface area contributed by atoms with Gasteiger partial charge in [0.2, 0.25) is 0 Å². The summed E-state index contributed by atoms with van der Waals surface area (Å²) >= 11 is 0. The van der Waals surface area contributed by atoms with Crippen molar-refractivity contribution >= 4 is 0 Å². The van der Waals surface area contributed by atoms with E-state index in [0.717, 1.165) is 57.8 Å². The molecular weight excluding hydrogens is 833 g/mol. The molecule has 0 aromatic heterocycles. The fraction of sp³-hybridized carbons (Fsp3) is 1.00. The zero-order valence-electron chi connectivity index (χ0n) is 39.8. The maximum atomic E-state index is 11.7. The van der Waals surface area contributed by atoms with Crippen molar-refractivity contribution < 1.29 is 79.1 Å². The number of hydrogen-bond acceptors (Lipinski definition) is 16. The van der Waals surface area contributed by atoms with Gasteiger partial charge in [-0.2, -0.15) is 0 Å². The van der Waals surface area contributed by atoms with Crippen molar-refractivity contribution in [2.24, 2.45) is 45.3 Å². The van der Waals surface area contributed by atoms with Crippen molar-refractivity contribution in [3.05, 3.63) is 0 Å². The highest BCUT2D eigenvalue weighted by Gasteiger charge is 2.70. The molecule has 0 aromatic carbocycles. The number of aliphatic hydroxyl groups is 9. The number of ether oxygens (including phenoxy) is 7. The van der Waals surface area contributed by atoms with Crippen molar-refractivity contribution in [3.63, 3.8) is 0 Å². The van der Waals surface area contributed by atoms with Gasteiger partial charge in [0.15, 0.2) is 18.9 Å². The van der Waals surface area contributed by atoms with E-state index in [2.05, 4.69) is 41.5 Å². The van der Waals surface area contributed by atoms with Crippen LogP contribution in [0.5, 0.6) is 0 Å². The Bertz CT molecular complexity index is 1650. The van der Waals surface area contributed by atoms with Crippen molar-refractivity contribution in [1.29, 1.82) is 0 Å². The summed E-state index contributed by atoms with van der Waals surface area (Å²) in [7, 11) is 0. The van der Waals surface area contributed by atoms with E-state index >= 15 is 0 Å². The van der Waals surface area contributed by atoms with Crippen LogP contribution in [0.1, 0.15) is 133 Å². The molecule has 4 aliphatic heterocycles. The molecule has 4 heterocycles. The zero-order valence-corrected chi connectivity index (χ0v) is 39.8. The zero-order chi connectivity index (χ0) is 46.9. The SMILES string of the molecule is CC1OC(O[C@H]2[C@H](O[C@H]3CC[C@]4(C)[C@H]5CC[C@@H]6[C@@H]([C@]7(C)CC[C@H](C(C)(C)O)O7)CC[C@@]6(C)[C@]5(C)CC[C@H]4C3(C)C)O[C@H](CO)[C@@H](O)[C@@H]2O[C@@H]2O[C@@H](C)[C@H](O)[C@@H](O)[C@H]2O)[C@H](O)[C@H](O)C1O. The van der Waals surface area contributed by atoms with Crippen LogP contribution >= 0.6 is 0 Å². The molecule has 8 aliphatic rings. The largest absolute Gasteiger partial charge is 0.394 e. The second-order valence-electron chi connectivity index (χ2n) is 23.7. The molecular formula is C48H82O16. The first-order valence-corrected chi connectivity index (χ1v) is 24.4. The van der Waals surface area contributed by atoms with E-state index in [1.165, 1.54) is 13.8 Å². The van der Waals surface area contributed by atoms with Gasteiger partial charge in [0.05, 0.1) is 42.2 Å². The van der Waals surface area contributed by atoms with Crippen LogP contribution in [0.15, 0.2) is 0 Å². The molecule has 0 spiro atoms. The van der Waals surface area contributed by atoms with Crippen LogP contribution in [-0.2, 0) is 33.2 Å². The van der Waals surface area contributed by atoms with Gasteiger partial charge in [0, 0.05) is 0 Å². The van der Waals surface area contributed by atoms with Gasteiger partial charge in [0.1, 0.15) is 61.0 Å². The Morgan fingerprint density at radius 2 is 1.12 bits per heavy atom. The molecule has 4 saturated carbocycles. The average molecular weight is 915 g/mol. The highest BCUT2D eigenvalue weighted by molar-refractivity contribution is 5.19. The molecule has 0 amide bonds. The predicted molar refractivity (Wildman–Crippen MR) is 229 cm³/mol. The lowest BCUT2D eigenvalue weighted by Gasteiger charge is -2.70. The topological polar surface area (TPSA) is 247 Å². The van der Waals surface area contributed by atoms with Gasteiger partial charge in [-0.15, -0.1) is 0 Å². The number of aliphatic hydroxyl groups excluding tert-OH is 8. The van der Waals surface area contributed by atoms with Crippen LogP contribution in [-0.4, -0.2) is 168 Å². The van der Waals surface area contributed by atoms with Gasteiger partial charge in [-0.1, -0.05) is 34.6 Å². The van der Waals surface area contributed by atoms with Crippen LogP contribution in [0.3, 0.4) is 0 Å². The molecule has 4 saturated heterocycles. The number of hydrogen-bond donors (Lipinski definition) is 9. The summed E-state index contributed by atoms with van der Waals surface area (Å²) in [6.45, 7) is 20.5. The summed E-state index contributed by atoms with van der Waals surface area (Å²) < 4.78 is 44.4. The van der Waals surface area contributed by atoms with Crippen molar-refractivity contribution in [2.75, 3.05) is 6.61 Å². The Kier molecular flexibility index (Phi) is 13.5. The molecule has 25 atom stereocenters. The average Bonchev–Trinajstić information content (AvgIpc) is 3.82. The molecule has 0 bridgehead atoms. The Balaban J connectivity index is 1.05. The van der Waals surface area contributed by atoms with Gasteiger partial charge < -0.3 is 79.1 Å². The predicted octanol–water partition coefficient (Wildman–Crippen LogP) is 2.27. The van der Waals surface area contributed by atoms with Crippen LogP contribution in [0.25, 0.3) is 0 Å². The fourth-order valence-corrected chi connectivity index (χ4v) is 15.5. The summed E-state index contributed by atoms with van der Waals surface area (Å²) in [6.07, 6.45) is -12.4. The summed E-state index contributed by atoms with van der Waals surface area (Å²) in [6, 6.07) is 0. The molecule has 0 radical (unpaired) electrons. The molecule has 64 heavy (non-hydrogen) atoms. The third-order valence-electron chi connectivity index (χ3n) is 19.5. The molecule has 0 aromatic rings. The quantitative estimate of drug-likeness (QED) is 0.151. The third kappa shape index (κ3) is 7.89. The van der Waals surface area contributed by atoms with Crippen LogP contribution in [0.2, 0.25) is 0 Å². The van der Waals surface area contributed by atoms with Gasteiger partial charge in [-0.25, -0.2) is 0 Å². The Morgan fingerprint density at radius 3 is 1.69 bits per heavy atom. The first-order chi connectivity index (χ1) is 29.7. The minimum atomic E-state index is -1.74. The van der Waals surface area contributed by atoms with Gasteiger partial charge >= 0.3 is 0 Å². The highest BCUT2D eigenvalue weighted by Crippen LogP contribution is 2.76. The van der Waals surface area contributed by atoms with Crippen LogP contribution in [0, 0.1) is 45.3 Å². The van der Waals surface area contributed by atoms with E-state index in [-0.39, 0.29) is 33.9 Å². The van der Waals surface area contributed by atoms with E-state index in [1.807, 2.05) is 13.8 Å². The van der Waals surface area contributed by atoms with E-state index in [4.69, 9.17) is 33.2 Å². The molecule has 16 heteroatoms. The summed E-state index contributed by atoms with van der Waals surface area (Å²) in [4.78, 5) is 0. The summed E-state index contributed by atoms with van der Waals surface area (Å²) in [5.74, 6) is 1.71. The van der Waals surface area contributed by atoms with E-state index in [0.29, 0.717) is 24.2 Å². The van der Waals surface area contributed by atoms with Gasteiger partial charge in [-0.3, -0.25) is 0 Å². The van der Waals surface area contributed by atoms with Gasteiger partial charge in [-0.05, 0) is 144 Å². The molecule has 370 valence electrons. The minimum Gasteiger partial charge on any atom is -0.394 e. The normalized spacial score (nSPS) is 56.6. The monoisotopic (exact) mass is 915 g/mol. The molecule has 3 unspecified atom stereocenters. The van der Waals surface area contributed by atoms with Crippen LogP contribution < -0.4 is 0 Å².